The average Bonchev–Trinajstić information content (AvgIpc) is 2.97. The van der Waals surface area contributed by atoms with Crippen LogP contribution < -0.4 is 10.2 Å². The van der Waals surface area contributed by atoms with E-state index in [1.54, 1.807) is 12.1 Å². The summed E-state index contributed by atoms with van der Waals surface area (Å²) < 4.78 is 22.2. The smallest absolute Gasteiger partial charge is 0.330 e. The molecule has 0 amide bonds. The molecule has 1 aliphatic heterocycles. The Kier molecular flexibility index (Phi) is 8.23. The predicted octanol–water partition coefficient (Wildman–Crippen LogP) is 1.73. The van der Waals surface area contributed by atoms with Crippen LogP contribution in [0.15, 0.2) is 76.0 Å². The second kappa shape index (κ2) is 12.0. The van der Waals surface area contributed by atoms with Gasteiger partial charge in [-0.2, -0.15) is 0 Å². The topological polar surface area (TPSA) is 217 Å². The number of phenols is 4. The molecule has 0 spiro atoms. The number of hydrogen-bond donors (Lipinski definition) is 7. The first kappa shape index (κ1) is 29.4. The molecule has 1 aromatic heterocycles. The van der Waals surface area contributed by atoms with Crippen molar-refractivity contribution in [1.29, 1.82) is 0 Å². The number of esters is 1. The molecule has 2 heterocycles. The Labute approximate surface area is 242 Å². The van der Waals surface area contributed by atoms with E-state index in [1.807, 2.05) is 0 Å². The van der Waals surface area contributed by atoms with Gasteiger partial charge in [0.25, 0.3) is 0 Å². The highest BCUT2D eigenvalue weighted by Gasteiger charge is 2.46. The monoisotopic (exact) mass is 594 g/mol. The summed E-state index contributed by atoms with van der Waals surface area (Å²) in [6.45, 7) is -0.583. The van der Waals surface area contributed by atoms with Crippen molar-refractivity contribution in [3.8, 4) is 40.1 Å². The Morgan fingerprint density at radius 1 is 0.837 bits per heavy atom. The van der Waals surface area contributed by atoms with Crippen LogP contribution in [0.3, 0.4) is 0 Å². The fourth-order valence-electron chi connectivity index (χ4n) is 4.41. The average molecular weight is 595 g/mol. The fraction of sp³-hybridized carbons (Fsp3) is 0.200. The Morgan fingerprint density at radius 3 is 2.16 bits per heavy atom. The first-order valence-corrected chi connectivity index (χ1v) is 12.8. The van der Waals surface area contributed by atoms with Crippen LogP contribution in [0.4, 0.5) is 0 Å². The Bertz CT molecular complexity index is 1710. The molecular weight excluding hydrogens is 568 g/mol. The van der Waals surface area contributed by atoms with Gasteiger partial charge in [0.05, 0.1) is 0 Å². The number of ether oxygens (including phenoxy) is 3. The summed E-state index contributed by atoms with van der Waals surface area (Å²) in [6, 6.07) is 13.4. The van der Waals surface area contributed by atoms with E-state index in [1.165, 1.54) is 42.5 Å². The van der Waals surface area contributed by atoms with E-state index >= 15 is 0 Å². The van der Waals surface area contributed by atoms with Crippen LogP contribution >= 0.6 is 0 Å². The van der Waals surface area contributed by atoms with Crippen molar-refractivity contribution in [3.63, 3.8) is 0 Å². The largest absolute Gasteiger partial charge is 0.508 e. The quantitative estimate of drug-likeness (QED) is 0.120. The first-order chi connectivity index (χ1) is 20.5. The lowest BCUT2D eigenvalue weighted by molar-refractivity contribution is -0.278. The Balaban J connectivity index is 1.42. The number of aliphatic hydroxyl groups excluding tert-OH is 3. The van der Waals surface area contributed by atoms with Gasteiger partial charge < -0.3 is 54.4 Å². The first-order valence-electron chi connectivity index (χ1n) is 12.8. The maximum Gasteiger partial charge on any atom is 0.330 e. The molecule has 7 N–H and O–H groups in total. The van der Waals surface area contributed by atoms with Gasteiger partial charge in [-0.1, -0.05) is 12.1 Å². The molecular formula is C30H26O13. The number of carbonyl (C=O) groups excluding carboxylic acids is 1. The van der Waals surface area contributed by atoms with Gasteiger partial charge in [-0.15, -0.1) is 0 Å². The Morgan fingerprint density at radius 2 is 1.49 bits per heavy atom. The van der Waals surface area contributed by atoms with E-state index in [9.17, 15) is 45.3 Å². The minimum Gasteiger partial charge on any atom is -0.508 e. The third-order valence-corrected chi connectivity index (χ3v) is 6.64. The van der Waals surface area contributed by atoms with Crippen molar-refractivity contribution in [2.24, 2.45) is 0 Å². The summed E-state index contributed by atoms with van der Waals surface area (Å²) in [6.07, 6.45) is -6.17. The molecule has 0 radical (unpaired) electrons. The summed E-state index contributed by atoms with van der Waals surface area (Å²) in [5.41, 5.74) is -0.328. The van der Waals surface area contributed by atoms with Gasteiger partial charge in [0.15, 0.2) is 5.76 Å². The summed E-state index contributed by atoms with van der Waals surface area (Å²) in [7, 11) is 0. The van der Waals surface area contributed by atoms with Crippen LogP contribution in [0.2, 0.25) is 0 Å². The number of fused-ring (bicyclic) bond motifs is 1. The van der Waals surface area contributed by atoms with Crippen molar-refractivity contribution >= 4 is 23.0 Å². The molecule has 1 aliphatic rings. The fourth-order valence-corrected chi connectivity index (χ4v) is 4.41. The van der Waals surface area contributed by atoms with Gasteiger partial charge in [0.1, 0.15) is 65.0 Å². The predicted molar refractivity (Wildman–Crippen MR) is 148 cm³/mol. The van der Waals surface area contributed by atoms with E-state index in [0.717, 1.165) is 18.2 Å². The molecule has 1 saturated heterocycles. The highest BCUT2D eigenvalue weighted by atomic mass is 16.7. The second-order valence-corrected chi connectivity index (χ2v) is 9.66. The van der Waals surface area contributed by atoms with Gasteiger partial charge >= 0.3 is 5.97 Å². The molecule has 43 heavy (non-hydrogen) atoms. The number of benzene rings is 3. The minimum absolute atomic E-state index is 0.0495. The van der Waals surface area contributed by atoms with E-state index in [-0.39, 0.29) is 33.8 Å². The summed E-state index contributed by atoms with van der Waals surface area (Å²) in [5, 5.41) is 70.6. The van der Waals surface area contributed by atoms with Crippen molar-refractivity contribution in [3.05, 3.63) is 82.5 Å². The lowest BCUT2D eigenvalue weighted by atomic mass is 9.99. The number of rotatable bonds is 7. The zero-order chi connectivity index (χ0) is 30.8. The van der Waals surface area contributed by atoms with E-state index in [0.29, 0.717) is 5.56 Å². The van der Waals surface area contributed by atoms with Crippen LogP contribution in [0.5, 0.6) is 28.7 Å². The number of aliphatic hydroxyl groups is 3. The zero-order valence-electron chi connectivity index (χ0n) is 22.1. The van der Waals surface area contributed by atoms with Gasteiger partial charge in [-0.05, 0) is 48.0 Å². The van der Waals surface area contributed by atoms with E-state index < -0.39 is 66.0 Å². The maximum absolute atomic E-state index is 13.5. The maximum atomic E-state index is 13.5. The van der Waals surface area contributed by atoms with Crippen molar-refractivity contribution < 1.29 is 59.2 Å². The Hall–Kier alpha value is -5.08. The second-order valence-electron chi connectivity index (χ2n) is 9.66. The highest BCUT2D eigenvalue weighted by Crippen LogP contribution is 2.37. The molecule has 13 heteroatoms. The van der Waals surface area contributed by atoms with E-state index in [2.05, 4.69) is 0 Å². The molecule has 4 aromatic rings. The van der Waals surface area contributed by atoms with E-state index in [4.69, 9.17) is 18.6 Å². The number of hydrogen-bond acceptors (Lipinski definition) is 13. The molecule has 13 nitrogen and oxygen atoms in total. The minimum atomic E-state index is -1.90. The molecule has 5 rings (SSSR count). The van der Waals surface area contributed by atoms with Gasteiger partial charge in [-0.3, -0.25) is 4.79 Å². The van der Waals surface area contributed by atoms with Crippen molar-refractivity contribution in [2.75, 3.05) is 6.61 Å². The molecule has 0 bridgehead atoms. The van der Waals surface area contributed by atoms with Crippen LogP contribution in [-0.4, -0.2) is 79.0 Å². The van der Waals surface area contributed by atoms with Crippen LogP contribution in [-0.2, 0) is 14.3 Å². The molecule has 224 valence electrons. The molecule has 0 aliphatic carbocycles. The normalized spacial score (nSPS) is 22.1. The van der Waals surface area contributed by atoms with Gasteiger partial charge in [0.2, 0.25) is 17.5 Å². The van der Waals surface area contributed by atoms with Gasteiger partial charge in [-0.25, -0.2) is 4.79 Å². The van der Waals surface area contributed by atoms with Crippen LogP contribution in [0.1, 0.15) is 5.56 Å². The number of aromatic hydroxyl groups is 4. The van der Waals surface area contributed by atoms with Crippen LogP contribution in [0, 0.1) is 0 Å². The van der Waals surface area contributed by atoms with Crippen LogP contribution in [0.25, 0.3) is 28.4 Å². The summed E-state index contributed by atoms with van der Waals surface area (Å²) >= 11 is 0. The third-order valence-electron chi connectivity index (χ3n) is 6.64. The lowest BCUT2D eigenvalue weighted by Gasteiger charge is -2.39. The lowest BCUT2D eigenvalue weighted by Crippen LogP contribution is -2.60. The number of carbonyl (C=O) groups is 1. The molecule has 0 unspecified atom stereocenters. The zero-order valence-corrected chi connectivity index (χ0v) is 22.1. The molecule has 3 aromatic carbocycles. The van der Waals surface area contributed by atoms with Crippen molar-refractivity contribution in [1.82, 2.24) is 0 Å². The molecule has 1 fully saturated rings. The highest BCUT2D eigenvalue weighted by molar-refractivity contribution is 5.88. The third kappa shape index (κ3) is 6.24. The molecule has 5 atom stereocenters. The SMILES string of the molecule is O=C(/C=C\c1ccc(O)cc1)OC[C@H]1O[C@@H](Oc2c(-c3ccc(O)cc3)oc3cc(O)cc(O)c3c2=O)[C@H](O)[C@@H](O)[C@H]1O. The summed E-state index contributed by atoms with van der Waals surface area (Å²) in [5.74, 6) is -2.70. The standard InChI is InChI=1S/C30H26O13/c31-16-6-1-14(2-7-16)3-10-22(35)40-13-21-24(36)26(38)27(39)30(42-21)43-29-25(37)23-19(34)11-18(33)12-20(23)41-28(29)15-4-8-17(32)9-5-15/h1-12,21,24,26-27,30-34,36,38-39H,13H2/b10-3-/t21-,24+,26+,27-,30+/m1/s1. The summed E-state index contributed by atoms with van der Waals surface area (Å²) in [4.78, 5) is 25.8. The molecule has 0 saturated carbocycles. The van der Waals surface area contributed by atoms with Gasteiger partial charge in [0, 0.05) is 23.8 Å². The number of phenolic OH excluding ortho intramolecular Hbond substituents is 4. The van der Waals surface area contributed by atoms with Crippen molar-refractivity contribution in [2.45, 2.75) is 30.7 Å².